The molecule has 2 aliphatic rings. The van der Waals surface area contributed by atoms with Crippen molar-refractivity contribution in [3.05, 3.63) is 30.0 Å². The van der Waals surface area contributed by atoms with Crippen molar-refractivity contribution in [2.45, 2.75) is 63.5 Å². The van der Waals surface area contributed by atoms with Gasteiger partial charge in [0.1, 0.15) is 0 Å². The Balaban J connectivity index is 1.39. The van der Waals surface area contributed by atoms with Gasteiger partial charge in [-0.3, -0.25) is 0 Å². The summed E-state index contributed by atoms with van der Waals surface area (Å²) in [6.45, 7) is 2.42. The van der Waals surface area contributed by atoms with Crippen LogP contribution in [0.2, 0.25) is 0 Å². The minimum absolute atomic E-state index is 0.145. The van der Waals surface area contributed by atoms with Gasteiger partial charge in [-0.05, 0) is 75.6 Å². The molecule has 3 N–H and O–H groups in total. The molecule has 0 radical (unpaired) electrons. The van der Waals surface area contributed by atoms with Crippen LogP contribution in [0.25, 0.3) is 10.8 Å². The van der Waals surface area contributed by atoms with Crippen LogP contribution >= 0.6 is 0 Å². The highest BCUT2D eigenvalue weighted by molar-refractivity contribution is 6.00. The van der Waals surface area contributed by atoms with Crippen LogP contribution in [0.3, 0.4) is 0 Å². The number of pyridine rings is 1. The largest absolute Gasteiger partial charge is 0.493 e. The molecule has 1 aromatic carbocycles. The Bertz CT molecular complexity index is 771. The van der Waals surface area contributed by atoms with Gasteiger partial charge in [0.05, 0.1) is 0 Å². The van der Waals surface area contributed by atoms with E-state index in [1.807, 2.05) is 18.3 Å². The number of aliphatic hydroxyl groups excluding tert-OH is 1. The molecule has 1 fully saturated rings. The van der Waals surface area contributed by atoms with Crippen LogP contribution in [-0.2, 0) is 6.42 Å². The monoisotopic (exact) mass is 369 g/mol. The van der Waals surface area contributed by atoms with Crippen LogP contribution in [0.4, 0.5) is 5.69 Å². The molecular weight excluding hydrogens is 338 g/mol. The second-order valence-corrected chi connectivity index (χ2v) is 7.99. The number of benzene rings is 1. The van der Waals surface area contributed by atoms with Crippen molar-refractivity contribution >= 4 is 16.5 Å². The van der Waals surface area contributed by atoms with E-state index in [0.717, 1.165) is 44.2 Å². The maximum atomic E-state index is 10.2. The third-order valence-corrected chi connectivity index (χ3v) is 6.28. The van der Waals surface area contributed by atoms with E-state index in [1.54, 1.807) is 0 Å². The van der Waals surface area contributed by atoms with Crippen molar-refractivity contribution in [2.24, 2.45) is 0 Å². The van der Waals surface area contributed by atoms with Crippen LogP contribution in [0.5, 0.6) is 5.88 Å². The molecule has 0 saturated heterocycles. The highest BCUT2D eigenvalue weighted by atomic mass is 16.3. The molecule has 1 aliphatic heterocycles. The van der Waals surface area contributed by atoms with Crippen molar-refractivity contribution in [1.82, 2.24) is 10.3 Å². The van der Waals surface area contributed by atoms with Gasteiger partial charge in [-0.15, -0.1) is 0 Å². The van der Waals surface area contributed by atoms with E-state index in [2.05, 4.69) is 21.3 Å². The topological polar surface area (TPSA) is 68.6 Å². The Morgan fingerprint density at radius 2 is 1.96 bits per heavy atom. The first-order valence-electron chi connectivity index (χ1n) is 10.5. The number of nitrogens with one attached hydrogen (secondary N) is 1. The lowest BCUT2D eigenvalue weighted by Crippen LogP contribution is -2.44. The van der Waals surface area contributed by atoms with E-state index in [0.29, 0.717) is 18.7 Å². The van der Waals surface area contributed by atoms with Gasteiger partial charge in [-0.2, -0.15) is 0 Å². The number of aliphatic hydroxyl groups is 1. The molecule has 146 valence electrons. The third-order valence-electron chi connectivity index (χ3n) is 6.28. The number of rotatable bonds is 7. The van der Waals surface area contributed by atoms with Crippen molar-refractivity contribution in [3.8, 4) is 5.88 Å². The summed E-state index contributed by atoms with van der Waals surface area (Å²) in [4.78, 5) is 6.74. The van der Waals surface area contributed by atoms with Crippen molar-refractivity contribution in [2.75, 3.05) is 24.6 Å². The zero-order chi connectivity index (χ0) is 18.6. The molecular formula is C22H31N3O2. The summed E-state index contributed by atoms with van der Waals surface area (Å²) in [5, 5.41) is 24.8. The fraction of sp³-hybridized carbons (Fsp3) is 0.591. The van der Waals surface area contributed by atoms with Crippen LogP contribution in [-0.4, -0.2) is 47.0 Å². The van der Waals surface area contributed by atoms with Gasteiger partial charge in [-0.25, -0.2) is 4.98 Å². The lowest BCUT2D eigenvalue weighted by Gasteiger charge is -2.41. The van der Waals surface area contributed by atoms with Gasteiger partial charge >= 0.3 is 0 Å². The van der Waals surface area contributed by atoms with Crippen LogP contribution < -0.4 is 10.2 Å². The normalized spacial score (nSPS) is 22.3. The van der Waals surface area contributed by atoms with E-state index in [4.69, 9.17) is 5.11 Å². The summed E-state index contributed by atoms with van der Waals surface area (Å²) in [6, 6.07) is 7.45. The molecule has 0 unspecified atom stereocenters. The summed E-state index contributed by atoms with van der Waals surface area (Å²) < 4.78 is 0. The smallest absolute Gasteiger partial charge is 0.218 e. The molecule has 4 rings (SSSR count). The van der Waals surface area contributed by atoms with Gasteiger partial charge in [-0.1, -0.05) is 6.07 Å². The van der Waals surface area contributed by atoms with E-state index in [9.17, 15) is 5.11 Å². The summed E-state index contributed by atoms with van der Waals surface area (Å²) in [6.07, 6.45) is 10.9. The molecule has 0 bridgehead atoms. The first-order valence-corrected chi connectivity index (χ1v) is 10.5. The van der Waals surface area contributed by atoms with E-state index < -0.39 is 0 Å². The summed E-state index contributed by atoms with van der Waals surface area (Å²) in [5.41, 5.74) is 2.53. The van der Waals surface area contributed by atoms with Gasteiger partial charge in [0.25, 0.3) is 0 Å². The first kappa shape index (κ1) is 18.5. The van der Waals surface area contributed by atoms with Gasteiger partial charge in [0.15, 0.2) is 0 Å². The molecule has 1 aromatic heterocycles. The zero-order valence-corrected chi connectivity index (χ0v) is 16.0. The number of aromatic nitrogens is 1. The van der Waals surface area contributed by atoms with E-state index in [-0.39, 0.29) is 5.88 Å². The van der Waals surface area contributed by atoms with Crippen LogP contribution in [0.1, 0.15) is 50.5 Å². The SMILES string of the molecule is OCCCCCNC1CCC(N2CCc3cnc(O)c4cccc2c34)CC1. The van der Waals surface area contributed by atoms with Crippen LogP contribution in [0.15, 0.2) is 24.4 Å². The molecule has 1 aliphatic carbocycles. The van der Waals surface area contributed by atoms with Gasteiger partial charge in [0, 0.05) is 47.9 Å². The Kier molecular flexibility index (Phi) is 5.79. The molecule has 1 saturated carbocycles. The van der Waals surface area contributed by atoms with Crippen molar-refractivity contribution in [3.63, 3.8) is 0 Å². The molecule has 5 heteroatoms. The predicted molar refractivity (Wildman–Crippen MR) is 109 cm³/mol. The second kappa shape index (κ2) is 8.44. The molecule has 0 spiro atoms. The van der Waals surface area contributed by atoms with Crippen molar-refractivity contribution < 1.29 is 10.2 Å². The number of hydrogen-bond donors (Lipinski definition) is 3. The maximum Gasteiger partial charge on any atom is 0.218 e. The number of nitrogens with zero attached hydrogens (tertiary/aromatic N) is 2. The Hall–Kier alpha value is -1.85. The van der Waals surface area contributed by atoms with Gasteiger partial charge < -0.3 is 20.4 Å². The summed E-state index contributed by atoms with van der Waals surface area (Å²) in [5.74, 6) is 0.145. The van der Waals surface area contributed by atoms with Crippen LogP contribution in [0, 0.1) is 0 Å². The quantitative estimate of drug-likeness (QED) is 0.653. The van der Waals surface area contributed by atoms with E-state index >= 15 is 0 Å². The average Bonchev–Trinajstić information content (AvgIpc) is 2.71. The minimum Gasteiger partial charge on any atom is -0.493 e. The number of hydrogen-bond acceptors (Lipinski definition) is 5. The predicted octanol–water partition coefficient (Wildman–Crippen LogP) is 3.37. The second-order valence-electron chi connectivity index (χ2n) is 7.99. The lowest BCUT2D eigenvalue weighted by molar-refractivity contribution is 0.280. The fourth-order valence-electron chi connectivity index (χ4n) is 4.82. The Labute approximate surface area is 161 Å². The Morgan fingerprint density at radius 3 is 2.78 bits per heavy atom. The molecule has 0 amide bonds. The lowest BCUT2D eigenvalue weighted by atomic mass is 9.88. The van der Waals surface area contributed by atoms with Crippen molar-refractivity contribution in [1.29, 1.82) is 0 Å². The summed E-state index contributed by atoms with van der Waals surface area (Å²) in [7, 11) is 0. The molecule has 5 nitrogen and oxygen atoms in total. The molecule has 2 heterocycles. The average molecular weight is 370 g/mol. The molecule has 2 aromatic rings. The minimum atomic E-state index is 0.145. The third kappa shape index (κ3) is 3.90. The highest BCUT2D eigenvalue weighted by Gasteiger charge is 2.29. The molecule has 0 atom stereocenters. The fourth-order valence-corrected chi connectivity index (χ4v) is 4.82. The summed E-state index contributed by atoms with van der Waals surface area (Å²) >= 11 is 0. The highest BCUT2D eigenvalue weighted by Crippen LogP contribution is 2.39. The molecule has 27 heavy (non-hydrogen) atoms. The Morgan fingerprint density at radius 1 is 1.11 bits per heavy atom. The zero-order valence-electron chi connectivity index (χ0n) is 16.0. The number of anilines is 1. The number of unbranched alkanes of at least 4 members (excludes halogenated alkanes) is 2. The maximum absolute atomic E-state index is 10.2. The first-order chi connectivity index (χ1) is 13.3. The van der Waals surface area contributed by atoms with E-state index in [1.165, 1.54) is 42.3 Å². The number of aromatic hydroxyl groups is 1. The standard InChI is InChI=1S/C22H31N3O2/c26-14-3-1-2-12-23-17-7-9-18(10-8-17)25-13-11-16-15-24-22(27)19-5-4-6-20(25)21(16)19/h4-6,15,17-18,23,26H,1-3,7-14H2,(H,24,27). The van der Waals surface area contributed by atoms with Gasteiger partial charge in [0.2, 0.25) is 5.88 Å².